The monoisotopic (exact) mass is 768 g/mol. The molecule has 54 heavy (non-hydrogen) atoms. The summed E-state index contributed by atoms with van der Waals surface area (Å²) in [7, 11) is 0. The maximum atomic E-state index is 14.5. The van der Waals surface area contributed by atoms with Crippen molar-refractivity contribution in [2.45, 2.75) is 27.7 Å². The molecule has 14 heteroatoms. The lowest BCUT2D eigenvalue weighted by molar-refractivity contribution is -0.135. The molecule has 0 aliphatic heterocycles. The molecule has 282 valence electrons. The van der Waals surface area contributed by atoms with Crippen molar-refractivity contribution in [3.8, 4) is 0 Å². The number of benzene rings is 4. The highest BCUT2D eigenvalue weighted by Gasteiger charge is 2.39. The quantitative estimate of drug-likeness (QED) is 0.0615. The van der Waals surface area contributed by atoms with E-state index in [4.69, 9.17) is 20.9 Å². The lowest BCUT2D eigenvalue weighted by atomic mass is 10.3. The Morgan fingerprint density at radius 1 is 0.519 bits per heavy atom. The van der Waals surface area contributed by atoms with Gasteiger partial charge in [-0.25, -0.2) is 30.0 Å². The van der Waals surface area contributed by atoms with E-state index in [2.05, 4.69) is 21.1 Å². The fourth-order valence-corrected chi connectivity index (χ4v) is 16.7. The van der Waals surface area contributed by atoms with Gasteiger partial charge in [-0.15, -0.1) is 0 Å². The number of hydrogen-bond acceptors (Lipinski definition) is 8. The molecule has 0 saturated heterocycles. The van der Waals surface area contributed by atoms with E-state index in [9.17, 15) is 19.2 Å². The van der Waals surface area contributed by atoms with Gasteiger partial charge in [0.25, 0.3) is 0 Å². The molecule has 12 nitrogen and oxygen atoms in total. The smallest absolute Gasteiger partial charge is 0.340 e. The van der Waals surface area contributed by atoms with Crippen LogP contribution in [0.25, 0.3) is 0 Å². The number of nitrogens with two attached hydrogens (primary N) is 2. The third-order valence-corrected chi connectivity index (χ3v) is 18.0. The molecule has 0 spiro atoms. The van der Waals surface area contributed by atoms with Gasteiger partial charge in [-0.2, -0.15) is 10.2 Å². The molecule has 0 heterocycles. The summed E-state index contributed by atoms with van der Waals surface area (Å²) in [4.78, 5) is 52.8. The highest BCUT2D eigenvalue weighted by atomic mass is 31.2. The molecule has 4 rings (SSSR count). The van der Waals surface area contributed by atoms with Crippen LogP contribution in [0, 0.1) is 0 Å². The lowest BCUT2D eigenvalue weighted by Crippen LogP contribution is -2.39. The summed E-state index contributed by atoms with van der Waals surface area (Å²) < 4.78 is 11.6. The Balaban J connectivity index is 2.33. The molecule has 0 radical (unpaired) electrons. The highest BCUT2D eigenvalue weighted by Crippen LogP contribution is 2.55. The third-order valence-electron chi connectivity index (χ3n) is 8.61. The van der Waals surface area contributed by atoms with Gasteiger partial charge in [0.1, 0.15) is 0 Å². The number of rotatable bonds is 15. The largest absolute Gasteiger partial charge is 0.462 e. The first-order valence-corrected chi connectivity index (χ1v) is 21.3. The van der Waals surface area contributed by atoms with E-state index in [0.717, 1.165) is 21.2 Å². The van der Waals surface area contributed by atoms with Crippen LogP contribution in [0.15, 0.2) is 132 Å². The van der Waals surface area contributed by atoms with Crippen molar-refractivity contribution in [1.82, 2.24) is 10.9 Å². The Kier molecular flexibility index (Phi) is 14.7. The van der Waals surface area contributed by atoms with Gasteiger partial charge >= 0.3 is 24.0 Å². The van der Waals surface area contributed by atoms with Crippen LogP contribution in [0.3, 0.4) is 0 Å². The molecule has 0 saturated carbocycles. The van der Waals surface area contributed by atoms with Crippen LogP contribution in [0.1, 0.15) is 27.7 Å². The van der Waals surface area contributed by atoms with Crippen LogP contribution in [0.2, 0.25) is 0 Å². The van der Waals surface area contributed by atoms with Gasteiger partial charge in [-0.1, -0.05) is 121 Å². The van der Waals surface area contributed by atoms with E-state index >= 15 is 0 Å². The molecule has 0 aliphatic rings. The summed E-state index contributed by atoms with van der Waals surface area (Å²) in [5, 5.41) is 12.5. The minimum Gasteiger partial charge on any atom is -0.462 e. The second-order valence-corrected chi connectivity index (χ2v) is 19.0. The predicted molar refractivity (Wildman–Crippen MR) is 223 cm³/mol. The Hall–Kier alpha value is -5.70. The zero-order valence-corrected chi connectivity index (χ0v) is 32.6. The molecule has 6 N–H and O–H groups in total. The van der Waals surface area contributed by atoms with Crippen molar-refractivity contribution in [1.29, 1.82) is 0 Å². The molecular formula is C40H46N6O6P2. The van der Waals surface area contributed by atoms with Gasteiger partial charge < -0.3 is 20.9 Å². The number of nitrogens with zero attached hydrogens (tertiary/aromatic N) is 2. The molecular weight excluding hydrogens is 722 g/mol. The van der Waals surface area contributed by atoms with Gasteiger partial charge in [0.15, 0.2) is 0 Å². The van der Waals surface area contributed by atoms with Crippen LogP contribution >= 0.6 is 13.8 Å². The van der Waals surface area contributed by atoms with E-state index in [0.29, 0.717) is 12.3 Å². The van der Waals surface area contributed by atoms with Crippen molar-refractivity contribution in [3.63, 3.8) is 0 Å². The van der Waals surface area contributed by atoms with Gasteiger partial charge in [-0.05, 0) is 75.0 Å². The second-order valence-electron chi connectivity index (χ2n) is 11.9. The second kappa shape index (κ2) is 19.4. The molecule has 0 aliphatic carbocycles. The summed E-state index contributed by atoms with van der Waals surface area (Å²) >= 11 is 0. The molecule has 4 aromatic rings. The summed E-state index contributed by atoms with van der Waals surface area (Å²) in [5.41, 5.74) is 15.9. The molecule has 4 amide bonds. The lowest BCUT2D eigenvalue weighted by Gasteiger charge is -2.37. The molecule has 0 unspecified atom stereocenters. The third kappa shape index (κ3) is 9.26. The number of carbonyl (C=O) groups is 4. The first kappa shape index (κ1) is 41.1. The van der Waals surface area contributed by atoms with Crippen molar-refractivity contribution < 1.29 is 28.7 Å². The van der Waals surface area contributed by atoms with Crippen LogP contribution in [-0.2, 0) is 19.1 Å². The fourth-order valence-electron chi connectivity index (χ4n) is 6.53. The average Bonchev–Trinajstić information content (AvgIpc) is 3.18. The normalized spacial score (nSPS) is 11.9. The summed E-state index contributed by atoms with van der Waals surface area (Å²) in [6.07, 6.45) is 0.602. The fraction of sp³-hybridized carbons (Fsp3) is 0.200. The Bertz CT molecular complexity index is 1880. The van der Waals surface area contributed by atoms with Crippen molar-refractivity contribution in [2.75, 3.05) is 25.5 Å². The van der Waals surface area contributed by atoms with Crippen LogP contribution in [0.5, 0.6) is 0 Å². The Labute approximate surface area is 316 Å². The first-order valence-electron chi connectivity index (χ1n) is 17.3. The number of nitrogens with one attached hydrogen (secondary N) is 2. The number of ether oxygens (including phenoxy) is 2. The first-order chi connectivity index (χ1) is 26.0. The summed E-state index contributed by atoms with van der Waals surface area (Å²) in [5.74, 6) is -1.21. The number of carbonyl (C=O) groups excluding carboxylic acids is 4. The Morgan fingerprint density at radius 3 is 1.00 bits per heavy atom. The molecule has 0 aromatic heterocycles. The topological polar surface area (TPSA) is 188 Å². The molecule has 0 bridgehead atoms. The van der Waals surface area contributed by atoms with Crippen molar-refractivity contribution >= 4 is 81.0 Å². The van der Waals surface area contributed by atoms with Crippen molar-refractivity contribution in [2.24, 2.45) is 21.7 Å². The Morgan fingerprint density at radius 2 is 0.778 bits per heavy atom. The van der Waals surface area contributed by atoms with Crippen molar-refractivity contribution in [3.05, 3.63) is 121 Å². The number of urea groups is 2. The van der Waals surface area contributed by atoms with Crippen LogP contribution in [0.4, 0.5) is 9.59 Å². The van der Waals surface area contributed by atoms with E-state index in [1.165, 1.54) is 0 Å². The van der Waals surface area contributed by atoms with Gasteiger partial charge in [0.2, 0.25) is 0 Å². The number of amides is 4. The predicted octanol–water partition coefficient (Wildman–Crippen LogP) is 3.88. The van der Waals surface area contributed by atoms with E-state index in [-0.39, 0.29) is 35.2 Å². The minimum absolute atomic E-state index is 0.0801. The number of hydrazone groups is 2. The van der Waals surface area contributed by atoms with Gasteiger partial charge in [-0.3, -0.25) is 0 Å². The van der Waals surface area contributed by atoms with Gasteiger partial charge in [0, 0.05) is 0 Å². The maximum Gasteiger partial charge on any atom is 0.340 e. The highest BCUT2D eigenvalue weighted by molar-refractivity contribution is 7.95. The summed E-state index contributed by atoms with van der Waals surface area (Å²) in [6, 6.07) is 36.8. The standard InChI is InChI=1S/C40H46N6O6P2/c1-5-51-37(47)35(29(3)43-45-39(41)49)53(31-19-11-7-12-20-31,32-21-13-8-14-22-32)27-28-54(33-23-15-9-16-24-33,34-25-17-10-18-26-34)36(38(48)52-6-2)30(4)44-46-40(42)50/h7-26H,5-6,27-28H2,1-4H3,(H3,41,45,49)(H3,42,46,50)/b43-29-,44-30+. The molecule has 0 atom stereocenters. The molecule has 4 aromatic carbocycles. The average molecular weight is 769 g/mol. The van der Waals surface area contributed by atoms with E-state index in [1.807, 2.05) is 121 Å². The zero-order valence-electron chi connectivity index (χ0n) is 30.8. The molecule has 0 fully saturated rings. The van der Waals surface area contributed by atoms with Gasteiger partial charge in [0.05, 0.1) is 35.2 Å². The van der Waals surface area contributed by atoms with E-state index in [1.54, 1.807) is 27.7 Å². The number of primary amides is 2. The number of esters is 2. The van der Waals surface area contributed by atoms with Crippen LogP contribution < -0.4 is 43.5 Å². The minimum atomic E-state index is -3.14. The zero-order chi connectivity index (χ0) is 39.1. The SMILES string of the molecule is CCOC(=O)C(/C(C)=N\NC(N)=O)=P(CCP(=C(C(=O)OCC)/C(C)=N/NC(N)=O)(c1ccccc1)c1ccccc1)(c1ccccc1)c1ccccc1. The summed E-state index contributed by atoms with van der Waals surface area (Å²) in [6.45, 7) is 0.595. The van der Waals surface area contributed by atoms with Crippen LogP contribution in [-0.4, -0.2) is 71.5 Å². The maximum absolute atomic E-state index is 14.5. The van der Waals surface area contributed by atoms with E-state index < -0.39 is 37.8 Å². The number of hydrogen-bond donors (Lipinski definition) is 4.